The standard InChI is InChI=1S/C13H14BrNO4S/c1-8-3-4-11(14)12(5-8)15-20(17,18)13-6-10(7-16)19-9(13)2/h3-6,15-16H,7H2,1-2H3. The highest BCUT2D eigenvalue weighted by Gasteiger charge is 2.22. The molecule has 0 spiro atoms. The van der Waals surface area contributed by atoms with Crippen LogP contribution in [0.5, 0.6) is 0 Å². The predicted octanol–water partition coefficient (Wildman–Crippen LogP) is 2.95. The molecule has 7 heteroatoms. The maximum atomic E-state index is 12.3. The molecule has 0 aliphatic heterocycles. The number of hydrogen-bond donors (Lipinski definition) is 2. The van der Waals surface area contributed by atoms with Crippen LogP contribution < -0.4 is 4.72 Å². The third-order valence-electron chi connectivity index (χ3n) is 2.73. The van der Waals surface area contributed by atoms with Crippen LogP contribution in [0.3, 0.4) is 0 Å². The third-order valence-corrected chi connectivity index (χ3v) is 4.90. The van der Waals surface area contributed by atoms with Crippen molar-refractivity contribution in [2.24, 2.45) is 0 Å². The molecule has 0 unspecified atom stereocenters. The zero-order valence-electron chi connectivity index (χ0n) is 11.0. The van der Waals surface area contributed by atoms with Gasteiger partial charge in [0.15, 0.2) is 0 Å². The Labute approximate surface area is 125 Å². The van der Waals surface area contributed by atoms with E-state index in [1.807, 2.05) is 13.0 Å². The average molecular weight is 360 g/mol. The van der Waals surface area contributed by atoms with E-state index in [1.165, 1.54) is 6.07 Å². The molecule has 0 atom stereocenters. The first-order chi connectivity index (χ1) is 9.33. The Morgan fingerprint density at radius 2 is 2.00 bits per heavy atom. The van der Waals surface area contributed by atoms with Gasteiger partial charge in [0, 0.05) is 10.5 Å². The lowest BCUT2D eigenvalue weighted by Crippen LogP contribution is -2.13. The topological polar surface area (TPSA) is 79.5 Å². The molecule has 2 aromatic rings. The van der Waals surface area contributed by atoms with Gasteiger partial charge in [-0.15, -0.1) is 0 Å². The fourth-order valence-corrected chi connectivity index (χ4v) is 3.54. The number of benzene rings is 1. The Kier molecular flexibility index (Phi) is 4.22. The number of halogens is 1. The van der Waals surface area contributed by atoms with Gasteiger partial charge in [0.2, 0.25) is 0 Å². The molecule has 1 heterocycles. The van der Waals surface area contributed by atoms with Gasteiger partial charge in [-0.2, -0.15) is 0 Å². The summed E-state index contributed by atoms with van der Waals surface area (Å²) in [6, 6.07) is 6.69. The minimum Gasteiger partial charge on any atom is -0.462 e. The van der Waals surface area contributed by atoms with Crippen molar-refractivity contribution in [3.05, 3.63) is 45.8 Å². The number of anilines is 1. The van der Waals surface area contributed by atoms with Gasteiger partial charge in [0.05, 0.1) is 5.69 Å². The number of rotatable bonds is 4. The lowest BCUT2D eigenvalue weighted by molar-refractivity contribution is 0.245. The maximum absolute atomic E-state index is 12.3. The summed E-state index contributed by atoms with van der Waals surface area (Å²) in [5, 5.41) is 8.99. The van der Waals surface area contributed by atoms with Gasteiger partial charge in [0.25, 0.3) is 10.0 Å². The molecule has 108 valence electrons. The molecule has 0 aliphatic carbocycles. The summed E-state index contributed by atoms with van der Waals surface area (Å²) in [6.45, 7) is 3.07. The molecule has 1 aromatic carbocycles. The first kappa shape index (κ1) is 15.1. The molecule has 0 saturated heterocycles. The summed E-state index contributed by atoms with van der Waals surface area (Å²) in [5.41, 5.74) is 1.39. The Morgan fingerprint density at radius 3 is 2.60 bits per heavy atom. The Balaban J connectivity index is 2.40. The van der Waals surface area contributed by atoms with Crippen LogP contribution in [0, 0.1) is 13.8 Å². The van der Waals surface area contributed by atoms with Crippen molar-refractivity contribution in [2.45, 2.75) is 25.3 Å². The summed E-state index contributed by atoms with van der Waals surface area (Å²) in [4.78, 5) is 0.0231. The Morgan fingerprint density at radius 1 is 1.30 bits per heavy atom. The zero-order valence-corrected chi connectivity index (χ0v) is 13.4. The number of hydrogen-bond acceptors (Lipinski definition) is 4. The highest BCUT2D eigenvalue weighted by molar-refractivity contribution is 9.10. The zero-order chi connectivity index (χ0) is 14.9. The minimum atomic E-state index is -3.76. The highest BCUT2D eigenvalue weighted by Crippen LogP contribution is 2.28. The first-order valence-corrected chi connectivity index (χ1v) is 8.10. The van der Waals surface area contributed by atoms with Crippen LogP contribution in [0.4, 0.5) is 5.69 Å². The van der Waals surface area contributed by atoms with Gasteiger partial charge in [-0.05, 0) is 47.5 Å². The van der Waals surface area contributed by atoms with Gasteiger partial charge in [-0.3, -0.25) is 4.72 Å². The van der Waals surface area contributed by atoms with Crippen molar-refractivity contribution >= 4 is 31.6 Å². The molecule has 2 rings (SSSR count). The quantitative estimate of drug-likeness (QED) is 0.879. The molecule has 0 saturated carbocycles. The van der Waals surface area contributed by atoms with E-state index in [-0.39, 0.29) is 23.0 Å². The van der Waals surface area contributed by atoms with Crippen molar-refractivity contribution in [1.29, 1.82) is 0 Å². The lowest BCUT2D eigenvalue weighted by atomic mass is 10.2. The van der Waals surface area contributed by atoms with Crippen molar-refractivity contribution in [2.75, 3.05) is 4.72 Å². The normalized spacial score (nSPS) is 11.6. The molecular formula is C13H14BrNO4S. The molecule has 20 heavy (non-hydrogen) atoms. The largest absolute Gasteiger partial charge is 0.462 e. The summed E-state index contributed by atoms with van der Waals surface area (Å²) >= 11 is 3.30. The van der Waals surface area contributed by atoms with Crippen molar-refractivity contribution in [1.82, 2.24) is 0 Å². The maximum Gasteiger partial charge on any atom is 0.265 e. The van der Waals surface area contributed by atoms with E-state index in [2.05, 4.69) is 20.7 Å². The van der Waals surface area contributed by atoms with E-state index in [9.17, 15) is 8.42 Å². The summed E-state index contributed by atoms with van der Waals surface area (Å²) in [5.74, 6) is 0.455. The van der Waals surface area contributed by atoms with Gasteiger partial charge in [-0.25, -0.2) is 8.42 Å². The van der Waals surface area contributed by atoms with Crippen LogP contribution in [0.15, 0.2) is 38.1 Å². The van der Waals surface area contributed by atoms with Crippen molar-refractivity contribution in [3.63, 3.8) is 0 Å². The third kappa shape index (κ3) is 3.05. The average Bonchev–Trinajstić information content (AvgIpc) is 2.76. The molecule has 0 amide bonds. The number of sulfonamides is 1. The summed E-state index contributed by atoms with van der Waals surface area (Å²) in [7, 11) is -3.76. The molecule has 1 aromatic heterocycles. The monoisotopic (exact) mass is 359 g/mol. The highest BCUT2D eigenvalue weighted by atomic mass is 79.9. The minimum absolute atomic E-state index is 0.0231. The van der Waals surface area contributed by atoms with Crippen LogP contribution in [0.1, 0.15) is 17.1 Å². The van der Waals surface area contributed by atoms with Crippen molar-refractivity contribution in [3.8, 4) is 0 Å². The predicted molar refractivity (Wildman–Crippen MR) is 79.1 cm³/mol. The Bertz CT molecular complexity index is 737. The molecule has 0 bridgehead atoms. The van der Waals surface area contributed by atoms with Gasteiger partial charge >= 0.3 is 0 Å². The van der Waals surface area contributed by atoms with Gasteiger partial charge in [-0.1, -0.05) is 6.07 Å². The fourth-order valence-electron chi connectivity index (χ4n) is 1.79. The smallest absolute Gasteiger partial charge is 0.265 e. The van der Waals surface area contributed by atoms with Gasteiger partial charge < -0.3 is 9.52 Å². The van der Waals surface area contributed by atoms with Gasteiger partial charge in [0.1, 0.15) is 23.0 Å². The molecular weight excluding hydrogens is 346 g/mol. The number of aliphatic hydroxyl groups excluding tert-OH is 1. The van der Waals surface area contributed by atoms with E-state index in [0.29, 0.717) is 10.2 Å². The fraction of sp³-hybridized carbons (Fsp3) is 0.231. The molecule has 0 aliphatic rings. The van der Waals surface area contributed by atoms with Crippen LogP contribution in [-0.4, -0.2) is 13.5 Å². The van der Waals surface area contributed by atoms with E-state index in [1.54, 1.807) is 19.1 Å². The van der Waals surface area contributed by atoms with Crippen LogP contribution in [0.2, 0.25) is 0 Å². The number of furan rings is 1. The van der Waals surface area contributed by atoms with E-state index < -0.39 is 10.0 Å². The number of aryl methyl sites for hydroxylation is 2. The van der Waals surface area contributed by atoms with Crippen LogP contribution >= 0.6 is 15.9 Å². The SMILES string of the molecule is Cc1ccc(Br)c(NS(=O)(=O)c2cc(CO)oc2C)c1. The molecule has 0 fully saturated rings. The van der Waals surface area contributed by atoms with E-state index in [0.717, 1.165) is 5.56 Å². The molecule has 2 N–H and O–H groups in total. The number of aliphatic hydroxyl groups is 1. The van der Waals surface area contributed by atoms with E-state index >= 15 is 0 Å². The number of nitrogens with one attached hydrogen (secondary N) is 1. The summed E-state index contributed by atoms with van der Waals surface area (Å²) in [6.07, 6.45) is 0. The second-order valence-corrected chi connectivity index (χ2v) is 6.89. The van der Waals surface area contributed by atoms with Crippen LogP contribution in [0.25, 0.3) is 0 Å². The summed E-state index contributed by atoms with van der Waals surface area (Å²) < 4.78 is 33.0. The van der Waals surface area contributed by atoms with Crippen LogP contribution in [-0.2, 0) is 16.6 Å². The molecule has 5 nitrogen and oxygen atoms in total. The molecule has 0 radical (unpaired) electrons. The van der Waals surface area contributed by atoms with Crippen molar-refractivity contribution < 1.29 is 17.9 Å². The second-order valence-electron chi connectivity index (χ2n) is 4.38. The lowest BCUT2D eigenvalue weighted by Gasteiger charge is -2.09. The Hall–Kier alpha value is -1.31. The second kappa shape index (κ2) is 5.59. The van der Waals surface area contributed by atoms with E-state index in [4.69, 9.17) is 9.52 Å². The first-order valence-electron chi connectivity index (χ1n) is 5.82.